The Morgan fingerprint density at radius 3 is 1.13 bits per heavy atom. The van der Waals surface area contributed by atoms with Crippen LogP contribution in [0.1, 0.15) is 111 Å². The maximum absolute atomic E-state index is 12.5. The second-order valence-corrected chi connectivity index (χ2v) is 38.8. The first-order valence-corrected chi connectivity index (χ1v) is 49.9. The van der Waals surface area contributed by atoms with Gasteiger partial charge >= 0.3 is 93.9 Å². The summed E-state index contributed by atoms with van der Waals surface area (Å²) >= 11 is 19.4. The number of anilines is 8. The zero-order chi connectivity index (χ0) is 105. The van der Waals surface area contributed by atoms with Crippen LogP contribution in [0.15, 0.2) is 229 Å². The van der Waals surface area contributed by atoms with Crippen molar-refractivity contribution in [3.63, 3.8) is 0 Å². The van der Waals surface area contributed by atoms with Crippen molar-refractivity contribution in [1.29, 1.82) is 0 Å². The Morgan fingerprint density at radius 2 is 0.752 bits per heavy atom. The number of nitro benzene ring substituents is 3. The largest absolute Gasteiger partial charge is 1.00 e. The fraction of sp³-hybridized carbons (Fsp3) is 0.320. The van der Waals surface area contributed by atoms with E-state index in [9.17, 15) is 63.9 Å². The predicted molar refractivity (Wildman–Crippen MR) is 563 cm³/mol. The number of carboxylic acid groups (broad SMARTS) is 1. The van der Waals surface area contributed by atoms with Crippen molar-refractivity contribution in [2.75, 3.05) is 119 Å². The van der Waals surface area contributed by atoms with Gasteiger partial charge in [-0.05, 0) is 138 Å². The van der Waals surface area contributed by atoms with Gasteiger partial charge in [-0.3, -0.25) is 55.6 Å². The van der Waals surface area contributed by atoms with Crippen molar-refractivity contribution in [2.24, 2.45) is 0 Å². The maximum atomic E-state index is 12.5. The molecule has 0 spiro atoms. The number of ether oxygens (including phenoxy) is 7. The SMILES string of the molecule is CC(=O)OCc1c(Br)cccc1[N+](=O)[O-].CC(=O)[O-].CC(C)(C)OC(=O)N1CCN(c2cccc3c2COC(=O)N3)CC1.CC(C)(C)OC(=O)N1CCN(c2cccc3c2COC(=O)N3Cc2ccccc2)CC1.Nc1cccc(Br)c1CO.O=C1Nc2cccc(Br)c2CO1.O=C1OCc2c(N3CCNCC3)cccc2N1Cc1ccccc1.O=[N+]([O-])c1cccc(Br)c1CBr.O=[N+]([O-])c1cccc(Br)c1CO.[K+]. The molecule has 38 nitrogen and oxygen atoms in total. The van der Waals surface area contributed by atoms with Crippen molar-refractivity contribution in [1.82, 2.24) is 15.1 Å². The van der Waals surface area contributed by atoms with Gasteiger partial charge in [0.2, 0.25) is 0 Å². The Balaban J connectivity index is 0.000000207. The molecule has 17 rings (SSSR count). The molecule has 0 bridgehead atoms. The number of benzene rings is 10. The number of halogens is 6. The van der Waals surface area contributed by atoms with Gasteiger partial charge in [-0.2, -0.15) is 0 Å². The van der Waals surface area contributed by atoms with Gasteiger partial charge in [0, 0.05) is 188 Å². The van der Waals surface area contributed by atoms with E-state index in [1.165, 1.54) is 30.8 Å². The van der Waals surface area contributed by atoms with Crippen LogP contribution in [0, 0.1) is 30.3 Å². The molecule has 0 unspecified atom stereocenters. The number of nitrogens with one attached hydrogen (secondary N) is 3. The molecule has 0 atom stereocenters. The van der Waals surface area contributed by atoms with Gasteiger partial charge in [0.1, 0.15) is 44.2 Å². The summed E-state index contributed by atoms with van der Waals surface area (Å²) < 4.78 is 40.2. The third kappa shape index (κ3) is 36.3. The number of piperazine rings is 3. The molecule has 45 heteroatoms. The molecular formula is C100H109Br6KN14O24. The van der Waals surface area contributed by atoms with Crippen LogP contribution in [0.25, 0.3) is 0 Å². The Kier molecular flexibility index (Phi) is 47.7. The molecule has 0 aliphatic carbocycles. The number of nitro groups is 3. The Hall–Kier alpha value is -11.4. The van der Waals surface area contributed by atoms with Crippen LogP contribution in [-0.2, 0) is 107 Å². The minimum atomic E-state index is -1.08. The van der Waals surface area contributed by atoms with E-state index in [4.69, 9.17) is 59.0 Å². The average molecular weight is 2410 g/mol. The topological polar surface area (TPSA) is 479 Å². The maximum Gasteiger partial charge on any atom is 1.00 e. The number of carbonyl (C=O) groups is 8. The number of carboxylic acids is 1. The number of rotatable bonds is 15. The summed E-state index contributed by atoms with van der Waals surface area (Å²) in [4.78, 5) is 135. The quantitative estimate of drug-likeness (QED) is 0.0106. The number of alkyl halides is 1. The van der Waals surface area contributed by atoms with Crippen LogP contribution in [0.2, 0.25) is 0 Å². The zero-order valence-electron chi connectivity index (χ0n) is 80.9. The molecule has 7 N–H and O–H groups in total. The van der Waals surface area contributed by atoms with E-state index in [2.05, 4.69) is 138 Å². The first-order valence-electron chi connectivity index (χ1n) is 44.8. The minimum absolute atomic E-state index is 0. The molecule has 3 fully saturated rings. The monoisotopic (exact) mass is 2400 g/mol. The number of aliphatic hydroxyl groups excluding tert-OH is 2. The zero-order valence-corrected chi connectivity index (χ0v) is 93.5. The molecule has 7 aliphatic rings. The van der Waals surface area contributed by atoms with Crippen LogP contribution in [0.4, 0.5) is 91.3 Å². The van der Waals surface area contributed by atoms with E-state index in [1.807, 2.05) is 175 Å². The molecule has 766 valence electrons. The number of hydrogen-bond acceptors (Lipinski definition) is 29. The number of carbonyl (C=O) groups excluding carboxylic acids is 8. The normalized spacial score (nSPS) is 14.1. The van der Waals surface area contributed by atoms with E-state index in [-0.39, 0.29) is 137 Å². The summed E-state index contributed by atoms with van der Waals surface area (Å²) in [5.74, 6) is -1.56. The van der Waals surface area contributed by atoms with E-state index in [1.54, 1.807) is 62.1 Å². The summed E-state index contributed by atoms with van der Waals surface area (Å²) in [5, 5.41) is 67.2. The van der Waals surface area contributed by atoms with Crippen LogP contribution < -0.4 is 103 Å². The second kappa shape index (κ2) is 58.2. The third-order valence-electron chi connectivity index (χ3n) is 21.7. The van der Waals surface area contributed by atoms with Crippen LogP contribution >= 0.6 is 95.6 Å². The van der Waals surface area contributed by atoms with E-state index in [0.29, 0.717) is 115 Å². The number of nitrogens with two attached hydrogens (primary N) is 1. The average Bonchev–Trinajstić information content (AvgIpc) is 0.769. The molecule has 10 aromatic carbocycles. The van der Waals surface area contributed by atoms with E-state index in [0.717, 1.165) is 120 Å². The van der Waals surface area contributed by atoms with Crippen molar-refractivity contribution >= 4 is 207 Å². The van der Waals surface area contributed by atoms with E-state index >= 15 is 0 Å². The summed E-state index contributed by atoms with van der Waals surface area (Å²) in [7, 11) is 0. The summed E-state index contributed by atoms with van der Waals surface area (Å²) in [6.07, 6.45) is -1.96. The van der Waals surface area contributed by atoms with Crippen LogP contribution in [-0.4, -0.2) is 173 Å². The van der Waals surface area contributed by atoms with Crippen molar-refractivity contribution in [2.45, 2.75) is 131 Å². The number of esters is 1. The van der Waals surface area contributed by atoms with Gasteiger partial charge in [0.15, 0.2) is 0 Å². The number of aliphatic carboxylic acids is 1. The predicted octanol–water partition coefficient (Wildman–Crippen LogP) is 17.3. The van der Waals surface area contributed by atoms with Gasteiger partial charge in [-0.15, -0.1) is 0 Å². The Bertz CT molecular complexity index is 6070. The van der Waals surface area contributed by atoms with Gasteiger partial charge < -0.3 is 88.8 Å². The molecule has 10 aromatic rings. The molecule has 6 amide bonds. The fourth-order valence-electron chi connectivity index (χ4n) is 14.8. The summed E-state index contributed by atoms with van der Waals surface area (Å²) in [5.41, 5.74) is 20.2. The number of aliphatic hydroxyl groups is 2. The number of amides is 6. The summed E-state index contributed by atoms with van der Waals surface area (Å²) in [6.45, 7) is 24.3. The molecule has 7 heterocycles. The molecule has 3 saturated heterocycles. The number of cyclic esters (lactones) is 4. The Morgan fingerprint density at radius 1 is 0.421 bits per heavy atom. The third-order valence-corrected chi connectivity index (χ3v) is 25.9. The molecule has 145 heavy (non-hydrogen) atoms. The van der Waals surface area contributed by atoms with Gasteiger partial charge in [0.25, 0.3) is 17.1 Å². The molecule has 7 aliphatic heterocycles. The molecule has 0 aromatic heterocycles. The first kappa shape index (κ1) is 119. The van der Waals surface area contributed by atoms with Gasteiger partial charge in [0.05, 0.1) is 80.5 Å². The smallest absolute Gasteiger partial charge is 0.550 e. The molecule has 0 saturated carbocycles. The molecule has 0 radical (unpaired) electrons. The number of fused-ring (bicyclic) bond motifs is 4. The van der Waals surface area contributed by atoms with Crippen LogP contribution in [0.3, 0.4) is 0 Å². The van der Waals surface area contributed by atoms with Gasteiger partial charge in [-0.25, -0.2) is 28.8 Å². The minimum Gasteiger partial charge on any atom is -0.550 e. The standard InChI is InChI=1S/C24H29N3O4.C19H21N3O2.C17H23N3O4.C9H8BrNO4.C8H6BrNO2.C7H5Br2NO2.C7H6BrNO3.C7H8BrNO.C2H4O2.K/c1-24(2,3)31-22(28)26-14-12-25(13-15-26)20-10-7-11-21-19(20)17-30-23(29)27(21)16-18-8-5-4-6-9-18;23-19-22(13-15-5-2-1-3-6-15)18-8-4-7-17(16(18)14-24-19)21-11-9-20-10-12-21;1-17(2,3)24-16(22)20-9-7-19(8-10-20)14-6-4-5-13-12(14)11-23-15(21)18-13;1-6(12)15-5-7-8(10)3-2-4-9(7)11(13)14;9-6-2-1-3-7-5(6)4-12-8(11)10-7;8-4-5-6(9)2-1-3-7(5)10(11)12;8-6-2-1-3-7(9(11)12)5(6)4-10;8-6-2-1-3-7(9)5(6)4-10;1-2(3)4;/h4-11H,12-17H2,1-3H3;1-8,20H,9-14H2;4-6H,7-11H2,1-3H3,(H,18,21);2-4H,5H2,1H3;1-3H,4H2,(H,10,11);1-3H,4H2;1-3,10H,4H2;1-3,10H,4,9H2;1H3,(H,3,4);/q;;;;;;;;;+1/p-1. The summed E-state index contributed by atoms with van der Waals surface area (Å²) in [6, 6.07) is 63.0. The van der Waals surface area contributed by atoms with Crippen LogP contribution in [0.5, 0.6) is 0 Å². The number of nitrogens with zero attached hydrogens (tertiary/aromatic N) is 10. The van der Waals surface area contributed by atoms with Crippen molar-refractivity contribution in [3.8, 4) is 0 Å². The number of nitrogen functional groups attached to an aromatic ring is 1. The molecular weight excluding hydrogens is 2300 g/mol. The fourth-order valence-corrected chi connectivity index (χ4v) is 18.2. The first-order chi connectivity index (χ1) is 68.6. The van der Waals surface area contributed by atoms with Crippen molar-refractivity contribution < 1.29 is 153 Å². The number of hydrogen-bond donors (Lipinski definition) is 6. The Labute approximate surface area is 930 Å². The van der Waals surface area contributed by atoms with Gasteiger partial charge in [-0.1, -0.05) is 205 Å². The van der Waals surface area contributed by atoms with E-state index < -0.39 is 39.1 Å². The van der Waals surface area contributed by atoms with Crippen molar-refractivity contribution in [3.05, 3.63) is 315 Å². The second-order valence-electron chi connectivity index (χ2n) is 33.9.